The Labute approximate surface area is 100 Å². The molecule has 0 aromatic carbocycles. The average Bonchev–Trinajstić information content (AvgIpc) is 2.12. The first-order valence-electron chi connectivity index (χ1n) is 4.03. The Morgan fingerprint density at radius 1 is 1.50 bits per heavy atom. The van der Waals surface area contributed by atoms with Crippen molar-refractivity contribution >= 4 is 39.3 Å². The van der Waals surface area contributed by atoms with Crippen molar-refractivity contribution in [2.75, 3.05) is 0 Å². The zero-order chi connectivity index (χ0) is 10.7. The van der Waals surface area contributed by atoms with Gasteiger partial charge in [0.15, 0.2) is 0 Å². The minimum absolute atomic E-state index is 0.0669. The van der Waals surface area contributed by atoms with Crippen LogP contribution >= 0.6 is 39.3 Å². The Hall–Kier alpha value is 0.160. The number of hydrogen-bond acceptors (Lipinski definition) is 4. The fraction of sp³-hybridized carbons (Fsp3) is 0.500. The second-order valence-corrected chi connectivity index (χ2v) is 5.36. The van der Waals surface area contributed by atoms with Gasteiger partial charge < -0.3 is 5.11 Å². The zero-order valence-corrected chi connectivity index (χ0v) is 10.9. The molecule has 1 aromatic heterocycles. The largest absolute Gasteiger partial charge is 0.392 e. The van der Waals surface area contributed by atoms with Crippen LogP contribution in [-0.4, -0.2) is 26.4 Å². The zero-order valence-electron chi connectivity index (χ0n) is 7.74. The van der Waals surface area contributed by atoms with Gasteiger partial charge in [-0.05, 0) is 22.9 Å². The van der Waals surface area contributed by atoms with Gasteiger partial charge in [-0.25, -0.2) is 9.97 Å². The summed E-state index contributed by atoms with van der Waals surface area (Å²) >= 11 is 10.6. The Morgan fingerprint density at radius 2 is 2.14 bits per heavy atom. The lowest BCUT2D eigenvalue weighted by Gasteiger charge is -2.13. The fourth-order valence-corrected chi connectivity index (χ4v) is 2.22. The first kappa shape index (κ1) is 12.2. The van der Waals surface area contributed by atoms with Crippen LogP contribution in [-0.2, 0) is 0 Å². The van der Waals surface area contributed by atoms with E-state index < -0.39 is 0 Å². The molecule has 1 heterocycles. The Balaban J connectivity index is 2.82. The summed E-state index contributed by atoms with van der Waals surface area (Å²) in [6.07, 6.45) is 1.02. The first-order valence-corrected chi connectivity index (χ1v) is 6.08. The molecule has 1 rings (SSSR count). The molecule has 0 amide bonds. The van der Waals surface area contributed by atoms with Crippen molar-refractivity contribution in [2.45, 2.75) is 30.2 Å². The van der Waals surface area contributed by atoms with Crippen LogP contribution in [0.5, 0.6) is 0 Å². The molecule has 0 fully saturated rings. The molecule has 2 atom stereocenters. The van der Waals surface area contributed by atoms with Gasteiger partial charge in [-0.2, -0.15) is 0 Å². The van der Waals surface area contributed by atoms with Crippen molar-refractivity contribution in [3.8, 4) is 0 Å². The lowest BCUT2D eigenvalue weighted by molar-refractivity contribution is 0.196. The van der Waals surface area contributed by atoms with Crippen LogP contribution in [0.2, 0.25) is 5.15 Å². The molecular formula is C8H10BrClN2OS. The van der Waals surface area contributed by atoms with Crippen molar-refractivity contribution in [3.05, 3.63) is 16.0 Å². The maximum atomic E-state index is 9.33. The van der Waals surface area contributed by atoms with Crippen LogP contribution < -0.4 is 0 Å². The SMILES string of the molecule is CC(O)C(C)Sc1ncnc(Cl)c1Br. The Morgan fingerprint density at radius 3 is 2.71 bits per heavy atom. The summed E-state index contributed by atoms with van der Waals surface area (Å²) in [5.41, 5.74) is 0. The number of hydrogen-bond donors (Lipinski definition) is 1. The molecule has 14 heavy (non-hydrogen) atoms. The highest BCUT2D eigenvalue weighted by Gasteiger charge is 2.14. The van der Waals surface area contributed by atoms with Crippen molar-refractivity contribution in [1.82, 2.24) is 9.97 Å². The van der Waals surface area contributed by atoms with E-state index >= 15 is 0 Å². The van der Waals surface area contributed by atoms with Gasteiger partial charge in [0.1, 0.15) is 16.5 Å². The van der Waals surface area contributed by atoms with E-state index in [4.69, 9.17) is 11.6 Å². The molecule has 0 aliphatic rings. The highest BCUT2D eigenvalue weighted by molar-refractivity contribution is 9.10. The lowest BCUT2D eigenvalue weighted by Crippen LogP contribution is -2.15. The molecular weight excluding hydrogens is 288 g/mol. The number of halogens is 2. The van der Waals surface area contributed by atoms with Gasteiger partial charge in [0.25, 0.3) is 0 Å². The number of aliphatic hydroxyl groups is 1. The highest BCUT2D eigenvalue weighted by atomic mass is 79.9. The highest BCUT2D eigenvalue weighted by Crippen LogP contribution is 2.32. The molecule has 2 unspecified atom stereocenters. The minimum Gasteiger partial charge on any atom is -0.392 e. The molecule has 1 aromatic rings. The summed E-state index contributed by atoms with van der Waals surface area (Å²) in [6.45, 7) is 3.67. The third-order valence-corrected chi connectivity index (χ3v) is 4.52. The third-order valence-electron chi connectivity index (χ3n) is 1.69. The lowest BCUT2D eigenvalue weighted by atomic mass is 10.3. The van der Waals surface area contributed by atoms with Crippen LogP contribution in [0.3, 0.4) is 0 Å². The summed E-state index contributed by atoms with van der Waals surface area (Å²) in [5, 5.41) is 10.5. The molecule has 0 radical (unpaired) electrons. The second-order valence-electron chi connectivity index (χ2n) is 2.85. The quantitative estimate of drug-likeness (QED) is 0.688. The summed E-state index contributed by atoms with van der Waals surface area (Å²) in [4.78, 5) is 7.89. The van der Waals surface area contributed by atoms with Gasteiger partial charge in [-0.1, -0.05) is 30.3 Å². The molecule has 6 heteroatoms. The summed E-state index contributed by atoms with van der Waals surface area (Å²) in [6, 6.07) is 0. The number of nitrogens with zero attached hydrogens (tertiary/aromatic N) is 2. The summed E-state index contributed by atoms with van der Waals surface area (Å²) in [7, 11) is 0. The van der Waals surface area contributed by atoms with Crippen molar-refractivity contribution in [3.63, 3.8) is 0 Å². The van der Waals surface area contributed by atoms with Gasteiger partial charge in [0.05, 0.1) is 10.6 Å². The van der Waals surface area contributed by atoms with E-state index in [9.17, 15) is 5.11 Å². The van der Waals surface area contributed by atoms with Crippen LogP contribution in [0, 0.1) is 0 Å². The predicted molar refractivity (Wildman–Crippen MR) is 61.7 cm³/mol. The normalized spacial score (nSPS) is 15.2. The van der Waals surface area contributed by atoms with Crippen LogP contribution in [0.15, 0.2) is 15.8 Å². The van der Waals surface area contributed by atoms with Gasteiger partial charge in [0.2, 0.25) is 0 Å². The maximum absolute atomic E-state index is 9.33. The Kier molecular flexibility index (Phi) is 4.63. The third kappa shape index (κ3) is 3.08. The second kappa shape index (κ2) is 5.30. The topological polar surface area (TPSA) is 46.0 Å². The van der Waals surface area contributed by atoms with E-state index in [1.807, 2.05) is 6.92 Å². The van der Waals surface area contributed by atoms with E-state index in [2.05, 4.69) is 25.9 Å². The molecule has 0 aliphatic heterocycles. The minimum atomic E-state index is -0.388. The van der Waals surface area contributed by atoms with Gasteiger partial charge in [-0.15, -0.1) is 0 Å². The smallest absolute Gasteiger partial charge is 0.147 e. The van der Waals surface area contributed by atoms with Crippen LogP contribution in [0.4, 0.5) is 0 Å². The number of aromatic nitrogens is 2. The van der Waals surface area contributed by atoms with Gasteiger partial charge >= 0.3 is 0 Å². The first-order chi connectivity index (χ1) is 6.52. The van der Waals surface area contributed by atoms with Crippen molar-refractivity contribution in [1.29, 1.82) is 0 Å². The monoisotopic (exact) mass is 296 g/mol. The molecule has 0 bridgehead atoms. The standard InChI is InChI=1S/C8H10BrClN2OS/c1-4(13)5(2)14-8-6(9)7(10)11-3-12-8/h3-5,13H,1-2H3. The van der Waals surface area contributed by atoms with E-state index in [0.29, 0.717) is 9.63 Å². The molecule has 0 spiro atoms. The number of thioether (sulfide) groups is 1. The van der Waals surface area contributed by atoms with E-state index in [1.54, 1.807) is 6.92 Å². The molecule has 0 aliphatic carbocycles. The van der Waals surface area contributed by atoms with Crippen molar-refractivity contribution in [2.24, 2.45) is 0 Å². The maximum Gasteiger partial charge on any atom is 0.147 e. The fourth-order valence-electron chi connectivity index (χ4n) is 0.690. The summed E-state index contributed by atoms with van der Waals surface area (Å²) < 4.78 is 0.680. The molecule has 0 saturated carbocycles. The van der Waals surface area contributed by atoms with E-state index in [-0.39, 0.29) is 11.4 Å². The molecule has 78 valence electrons. The molecule has 3 nitrogen and oxygen atoms in total. The van der Waals surface area contributed by atoms with E-state index in [0.717, 1.165) is 5.03 Å². The predicted octanol–water partition coefficient (Wildman–Crippen LogP) is 2.75. The average molecular weight is 298 g/mol. The van der Waals surface area contributed by atoms with Gasteiger partial charge in [0, 0.05) is 5.25 Å². The molecule has 0 saturated heterocycles. The molecule has 1 N–H and O–H groups in total. The van der Waals surface area contributed by atoms with Crippen LogP contribution in [0.1, 0.15) is 13.8 Å². The summed E-state index contributed by atoms with van der Waals surface area (Å²) in [5.74, 6) is 0. The van der Waals surface area contributed by atoms with Crippen molar-refractivity contribution < 1.29 is 5.11 Å². The van der Waals surface area contributed by atoms with Crippen LogP contribution in [0.25, 0.3) is 0 Å². The Bertz CT molecular complexity index is 324. The van der Waals surface area contributed by atoms with Gasteiger partial charge in [-0.3, -0.25) is 0 Å². The number of aliphatic hydroxyl groups excluding tert-OH is 1. The number of rotatable bonds is 3. The van der Waals surface area contributed by atoms with E-state index in [1.165, 1.54) is 18.1 Å².